The van der Waals surface area contributed by atoms with E-state index in [4.69, 9.17) is 5.11 Å². The average molecular weight is 227 g/mol. The molecule has 0 aliphatic heterocycles. The molecule has 0 aromatic carbocycles. The van der Waals surface area contributed by atoms with E-state index in [0.29, 0.717) is 13.0 Å². The van der Waals surface area contributed by atoms with Crippen LogP contribution in [0.15, 0.2) is 0 Å². The van der Waals surface area contributed by atoms with Crippen molar-refractivity contribution in [3.8, 4) is 0 Å². The summed E-state index contributed by atoms with van der Waals surface area (Å²) in [4.78, 5) is 22.6. The summed E-state index contributed by atoms with van der Waals surface area (Å²) in [6.45, 7) is 5.82. The van der Waals surface area contributed by atoms with Gasteiger partial charge in [0, 0.05) is 12.0 Å². The van der Waals surface area contributed by atoms with Crippen molar-refractivity contribution >= 4 is 11.9 Å². The standard InChI is InChI=1S/C12H21NO3/c1-4-12(5-6-12)9(14)13-8-7-11(2,3)10(15)16/h4-8H2,1-3H3,(H,13,14)(H,15,16). The zero-order valence-corrected chi connectivity index (χ0v) is 10.3. The first kappa shape index (κ1) is 13.0. The Morgan fingerprint density at radius 1 is 1.38 bits per heavy atom. The van der Waals surface area contributed by atoms with Crippen LogP contribution in [0, 0.1) is 10.8 Å². The van der Waals surface area contributed by atoms with Crippen LogP contribution in [-0.2, 0) is 9.59 Å². The SMILES string of the molecule is CCC1(C(=O)NCCC(C)(C)C(=O)O)CC1. The lowest BCUT2D eigenvalue weighted by atomic mass is 9.89. The fourth-order valence-corrected chi connectivity index (χ4v) is 1.68. The second-order valence-electron chi connectivity index (χ2n) is 5.33. The van der Waals surface area contributed by atoms with E-state index in [0.717, 1.165) is 19.3 Å². The van der Waals surface area contributed by atoms with Crippen molar-refractivity contribution in [2.45, 2.75) is 46.5 Å². The van der Waals surface area contributed by atoms with Gasteiger partial charge in [-0.1, -0.05) is 6.92 Å². The summed E-state index contributed by atoms with van der Waals surface area (Å²) in [5.74, 6) is -0.727. The van der Waals surface area contributed by atoms with Gasteiger partial charge in [0.05, 0.1) is 5.41 Å². The number of hydrogen-bond acceptors (Lipinski definition) is 2. The van der Waals surface area contributed by atoms with E-state index in [1.807, 2.05) is 6.92 Å². The van der Waals surface area contributed by atoms with Gasteiger partial charge in [-0.2, -0.15) is 0 Å². The maximum absolute atomic E-state index is 11.8. The molecule has 2 N–H and O–H groups in total. The summed E-state index contributed by atoms with van der Waals surface area (Å²) in [6, 6.07) is 0. The minimum atomic E-state index is -0.821. The van der Waals surface area contributed by atoms with Gasteiger partial charge >= 0.3 is 5.97 Å². The molecule has 0 atom stereocenters. The second kappa shape index (κ2) is 4.44. The minimum absolute atomic E-state index is 0.0937. The number of carbonyl (C=O) groups is 2. The molecule has 0 aromatic heterocycles. The van der Waals surface area contributed by atoms with E-state index < -0.39 is 11.4 Å². The third-order valence-corrected chi connectivity index (χ3v) is 3.63. The fraction of sp³-hybridized carbons (Fsp3) is 0.833. The molecule has 92 valence electrons. The highest BCUT2D eigenvalue weighted by Crippen LogP contribution is 2.48. The average Bonchev–Trinajstić information content (AvgIpc) is 2.97. The molecule has 0 radical (unpaired) electrons. The van der Waals surface area contributed by atoms with Crippen LogP contribution >= 0.6 is 0 Å². The van der Waals surface area contributed by atoms with Gasteiger partial charge in [0.25, 0.3) is 0 Å². The highest BCUT2D eigenvalue weighted by Gasteiger charge is 2.47. The van der Waals surface area contributed by atoms with Gasteiger partial charge in [0.1, 0.15) is 0 Å². The predicted octanol–water partition coefficient (Wildman–Crippen LogP) is 1.79. The van der Waals surface area contributed by atoms with E-state index >= 15 is 0 Å². The molecule has 4 nitrogen and oxygen atoms in total. The van der Waals surface area contributed by atoms with Crippen molar-refractivity contribution in [3.63, 3.8) is 0 Å². The highest BCUT2D eigenvalue weighted by atomic mass is 16.4. The molecule has 1 amide bonds. The number of aliphatic carboxylic acids is 1. The molecule has 4 heteroatoms. The Bertz CT molecular complexity index is 293. The summed E-state index contributed by atoms with van der Waals surface area (Å²) < 4.78 is 0. The molecule has 1 aliphatic rings. The summed E-state index contributed by atoms with van der Waals surface area (Å²) in [7, 11) is 0. The molecule has 1 fully saturated rings. The van der Waals surface area contributed by atoms with E-state index in [-0.39, 0.29) is 11.3 Å². The Kier molecular flexibility index (Phi) is 3.61. The summed E-state index contributed by atoms with van der Waals surface area (Å²) in [6.07, 6.45) is 3.28. The first-order valence-corrected chi connectivity index (χ1v) is 5.86. The number of carboxylic acids is 1. The van der Waals surface area contributed by atoms with Crippen LogP contribution in [0.1, 0.15) is 46.5 Å². The molecule has 0 bridgehead atoms. The van der Waals surface area contributed by atoms with Gasteiger partial charge in [0.15, 0.2) is 0 Å². The molecule has 0 saturated heterocycles. The van der Waals surface area contributed by atoms with Gasteiger partial charge in [-0.05, 0) is 39.5 Å². The lowest BCUT2D eigenvalue weighted by Gasteiger charge is -2.20. The molecular weight excluding hydrogens is 206 g/mol. The van der Waals surface area contributed by atoms with Gasteiger partial charge in [-0.25, -0.2) is 0 Å². The first-order chi connectivity index (χ1) is 7.34. The molecule has 0 spiro atoms. The minimum Gasteiger partial charge on any atom is -0.481 e. The molecule has 0 unspecified atom stereocenters. The fourth-order valence-electron chi connectivity index (χ4n) is 1.68. The Morgan fingerprint density at radius 3 is 2.31 bits per heavy atom. The van der Waals surface area contributed by atoms with Crippen molar-refractivity contribution in [2.75, 3.05) is 6.54 Å². The van der Waals surface area contributed by atoms with Gasteiger partial charge < -0.3 is 10.4 Å². The van der Waals surface area contributed by atoms with Crippen molar-refractivity contribution < 1.29 is 14.7 Å². The van der Waals surface area contributed by atoms with Crippen LogP contribution in [0.3, 0.4) is 0 Å². The summed E-state index contributed by atoms with van der Waals surface area (Å²) in [5, 5.41) is 11.8. The Morgan fingerprint density at radius 2 is 1.94 bits per heavy atom. The number of nitrogens with one attached hydrogen (secondary N) is 1. The van der Waals surface area contributed by atoms with E-state index in [2.05, 4.69) is 5.32 Å². The zero-order chi connectivity index (χ0) is 12.4. The molecule has 1 rings (SSSR count). The maximum Gasteiger partial charge on any atom is 0.309 e. The molecule has 16 heavy (non-hydrogen) atoms. The van der Waals surface area contributed by atoms with Crippen molar-refractivity contribution in [3.05, 3.63) is 0 Å². The predicted molar refractivity (Wildman–Crippen MR) is 61.0 cm³/mol. The highest BCUT2D eigenvalue weighted by molar-refractivity contribution is 5.85. The Hall–Kier alpha value is -1.06. The third-order valence-electron chi connectivity index (χ3n) is 3.63. The van der Waals surface area contributed by atoms with Crippen LogP contribution in [0.25, 0.3) is 0 Å². The molecule has 1 aliphatic carbocycles. The second-order valence-corrected chi connectivity index (χ2v) is 5.33. The van der Waals surface area contributed by atoms with E-state index in [1.165, 1.54) is 0 Å². The smallest absolute Gasteiger partial charge is 0.309 e. The zero-order valence-electron chi connectivity index (χ0n) is 10.3. The quantitative estimate of drug-likeness (QED) is 0.727. The van der Waals surface area contributed by atoms with Crippen LogP contribution in [0.5, 0.6) is 0 Å². The Balaban J connectivity index is 2.31. The van der Waals surface area contributed by atoms with Crippen LogP contribution < -0.4 is 5.32 Å². The monoisotopic (exact) mass is 227 g/mol. The van der Waals surface area contributed by atoms with Gasteiger partial charge in [-0.15, -0.1) is 0 Å². The topological polar surface area (TPSA) is 66.4 Å². The van der Waals surface area contributed by atoms with E-state index in [1.54, 1.807) is 13.8 Å². The van der Waals surface area contributed by atoms with Gasteiger partial charge in [0.2, 0.25) is 5.91 Å². The van der Waals surface area contributed by atoms with Crippen molar-refractivity contribution in [1.82, 2.24) is 5.32 Å². The number of amides is 1. The molecule has 1 saturated carbocycles. The lowest BCUT2D eigenvalue weighted by molar-refractivity contribution is -0.147. The largest absolute Gasteiger partial charge is 0.481 e. The first-order valence-electron chi connectivity index (χ1n) is 5.86. The number of carboxylic acid groups (broad SMARTS) is 1. The maximum atomic E-state index is 11.8. The third kappa shape index (κ3) is 2.74. The van der Waals surface area contributed by atoms with E-state index in [9.17, 15) is 9.59 Å². The van der Waals surface area contributed by atoms with Crippen LogP contribution in [-0.4, -0.2) is 23.5 Å². The van der Waals surface area contributed by atoms with Crippen LogP contribution in [0.4, 0.5) is 0 Å². The Labute approximate surface area is 96.4 Å². The molecular formula is C12H21NO3. The molecule has 0 heterocycles. The normalized spacial score (nSPS) is 17.9. The van der Waals surface area contributed by atoms with Crippen molar-refractivity contribution in [1.29, 1.82) is 0 Å². The number of carbonyl (C=O) groups excluding carboxylic acids is 1. The summed E-state index contributed by atoms with van der Waals surface area (Å²) >= 11 is 0. The lowest BCUT2D eigenvalue weighted by Crippen LogP contribution is -2.36. The molecule has 0 aromatic rings. The number of hydrogen-bond donors (Lipinski definition) is 2. The van der Waals surface area contributed by atoms with Crippen LogP contribution in [0.2, 0.25) is 0 Å². The van der Waals surface area contributed by atoms with Gasteiger partial charge in [-0.3, -0.25) is 9.59 Å². The number of rotatable bonds is 6. The summed E-state index contributed by atoms with van der Waals surface area (Å²) in [5.41, 5.74) is -0.899. The van der Waals surface area contributed by atoms with Crippen molar-refractivity contribution in [2.24, 2.45) is 10.8 Å².